The monoisotopic (exact) mass is 463 g/mol. The number of aromatic nitrogens is 1. The average Bonchev–Trinajstić information content (AvgIpc) is 2.88. The van der Waals surface area contributed by atoms with E-state index in [0.717, 1.165) is 47.8 Å². The summed E-state index contributed by atoms with van der Waals surface area (Å²) in [5, 5.41) is 0. The second kappa shape index (κ2) is 15.2. The minimum atomic E-state index is 0.827. The van der Waals surface area contributed by atoms with Crippen LogP contribution in [0.5, 0.6) is 5.75 Å². The highest BCUT2D eigenvalue weighted by molar-refractivity contribution is 5.60. The van der Waals surface area contributed by atoms with Gasteiger partial charge in [-0.2, -0.15) is 0 Å². The molecule has 0 aliphatic heterocycles. The largest absolute Gasteiger partial charge is 0.494 e. The summed E-state index contributed by atoms with van der Waals surface area (Å²) in [5.74, 6) is 3.71. The molecule has 0 spiro atoms. The molecule has 2 nitrogen and oxygen atoms in total. The zero-order valence-electron chi connectivity index (χ0n) is 22.2. The van der Waals surface area contributed by atoms with Crippen LogP contribution in [-0.2, 0) is 6.42 Å². The number of ether oxygens (including phenoxy) is 1. The minimum Gasteiger partial charge on any atom is -0.494 e. The standard InChI is InChI=1S/C32H49NO/c1-4-6-7-14-28-15-8-9-16-29(28)17-11-24-34-31-21-19-30(20-22-31)32-23-18-27(25-33-32)13-10-12-26(3)5-2/h18-23,25-26,28-29H,4-17,24H2,1-3H3. The van der Waals surface area contributed by atoms with Crippen LogP contribution in [0.3, 0.4) is 0 Å². The molecule has 1 aliphatic rings. The third-order valence-electron chi connectivity index (χ3n) is 8.07. The molecule has 0 bridgehead atoms. The van der Waals surface area contributed by atoms with Gasteiger partial charge in [0.1, 0.15) is 5.75 Å². The summed E-state index contributed by atoms with van der Waals surface area (Å²) >= 11 is 0. The van der Waals surface area contributed by atoms with Crippen LogP contribution >= 0.6 is 0 Å². The number of hydrogen-bond donors (Lipinski definition) is 0. The quantitative estimate of drug-likeness (QED) is 0.245. The molecule has 1 aromatic heterocycles. The Hall–Kier alpha value is -1.83. The van der Waals surface area contributed by atoms with Crippen molar-refractivity contribution >= 4 is 0 Å². The van der Waals surface area contributed by atoms with Crippen molar-refractivity contribution in [1.29, 1.82) is 0 Å². The number of pyridine rings is 1. The molecule has 0 amide bonds. The van der Waals surface area contributed by atoms with Gasteiger partial charge in [-0.3, -0.25) is 4.98 Å². The lowest BCUT2D eigenvalue weighted by Crippen LogP contribution is -2.20. The van der Waals surface area contributed by atoms with Crippen molar-refractivity contribution < 1.29 is 4.74 Å². The summed E-state index contributed by atoms with van der Waals surface area (Å²) < 4.78 is 6.09. The molecular formula is C32H49NO. The Bertz CT molecular complexity index is 782. The highest BCUT2D eigenvalue weighted by atomic mass is 16.5. The Morgan fingerprint density at radius 2 is 1.62 bits per heavy atom. The molecule has 1 saturated carbocycles. The van der Waals surface area contributed by atoms with E-state index >= 15 is 0 Å². The maximum Gasteiger partial charge on any atom is 0.119 e. The second-order valence-corrected chi connectivity index (χ2v) is 10.8. The van der Waals surface area contributed by atoms with Crippen LogP contribution in [0.2, 0.25) is 0 Å². The van der Waals surface area contributed by atoms with Crippen molar-refractivity contribution in [3.8, 4) is 17.0 Å². The fourth-order valence-corrected chi connectivity index (χ4v) is 5.56. The molecule has 3 rings (SSSR count). The van der Waals surface area contributed by atoms with Gasteiger partial charge in [0.2, 0.25) is 0 Å². The lowest BCUT2D eigenvalue weighted by Gasteiger charge is -2.31. The Morgan fingerprint density at radius 3 is 2.26 bits per heavy atom. The van der Waals surface area contributed by atoms with E-state index < -0.39 is 0 Å². The van der Waals surface area contributed by atoms with Gasteiger partial charge in [-0.25, -0.2) is 0 Å². The molecule has 1 fully saturated rings. The molecule has 1 heterocycles. The summed E-state index contributed by atoms with van der Waals surface area (Å²) in [6, 6.07) is 12.9. The van der Waals surface area contributed by atoms with E-state index in [1.54, 1.807) is 0 Å². The highest BCUT2D eigenvalue weighted by Gasteiger charge is 2.24. The van der Waals surface area contributed by atoms with Crippen molar-refractivity contribution in [1.82, 2.24) is 4.98 Å². The molecule has 0 saturated heterocycles. The maximum atomic E-state index is 6.09. The van der Waals surface area contributed by atoms with Crippen LogP contribution in [0, 0.1) is 17.8 Å². The number of rotatable bonds is 15. The van der Waals surface area contributed by atoms with E-state index in [2.05, 4.69) is 63.4 Å². The van der Waals surface area contributed by atoms with Crippen molar-refractivity contribution in [3.05, 3.63) is 48.2 Å². The van der Waals surface area contributed by atoms with Crippen molar-refractivity contribution in [2.24, 2.45) is 17.8 Å². The van der Waals surface area contributed by atoms with Crippen molar-refractivity contribution in [2.75, 3.05) is 6.61 Å². The molecule has 1 aliphatic carbocycles. The minimum absolute atomic E-state index is 0.827. The van der Waals surface area contributed by atoms with Crippen LogP contribution < -0.4 is 4.74 Å². The topological polar surface area (TPSA) is 22.1 Å². The summed E-state index contributed by atoms with van der Waals surface area (Å²) in [4.78, 5) is 4.72. The number of hydrogen-bond acceptors (Lipinski definition) is 2. The average molecular weight is 464 g/mol. The first kappa shape index (κ1) is 26.8. The zero-order valence-corrected chi connectivity index (χ0v) is 22.2. The maximum absolute atomic E-state index is 6.09. The zero-order chi connectivity index (χ0) is 24.0. The summed E-state index contributed by atoms with van der Waals surface area (Å²) in [5.41, 5.74) is 3.55. The Morgan fingerprint density at radius 1 is 0.882 bits per heavy atom. The van der Waals surface area contributed by atoms with Crippen LogP contribution in [0.1, 0.15) is 110 Å². The first-order chi connectivity index (χ1) is 16.7. The second-order valence-electron chi connectivity index (χ2n) is 10.8. The van der Waals surface area contributed by atoms with Gasteiger partial charge >= 0.3 is 0 Å². The van der Waals surface area contributed by atoms with E-state index in [1.807, 2.05) is 0 Å². The Balaban J connectivity index is 1.39. The smallest absolute Gasteiger partial charge is 0.119 e. The third kappa shape index (κ3) is 9.08. The van der Waals surface area contributed by atoms with Crippen LogP contribution in [0.25, 0.3) is 11.3 Å². The van der Waals surface area contributed by atoms with Gasteiger partial charge in [-0.15, -0.1) is 0 Å². The van der Waals surface area contributed by atoms with E-state index in [1.165, 1.54) is 89.0 Å². The first-order valence-electron chi connectivity index (χ1n) is 14.4. The number of aryl methyl sites for hydroxylation is 1. The van der Waals surface area contributed by atoms with E-state index in [-0.39, 0.29) is 0 Å². The van der Waals surface area contributed by atoms with Crippen LogP contribution in [0.4, 0.5) is 0 Å². The third-order valence-corrected chi connectivity index (χ3v) is 8.07. The molecule has 34 heavy (non-hydrogen) atoms. The Labute approximate surface area is 209 Å². The highest BCUT2D eigenvalue weighted by Crippen LogP contribution is 2.36. The van der Waals surface area contributed by atoms with Gasteiger partial charge in [-0.05, 0) is 79.3 Å². The number of unbranched alkanes of at least 4 members (excludes halogenated alkanes) is 2. The van der Waals surface area contributed by atoms with Gasteiger partial charge in [-0.1, -0.05) is 91.0 Å². The summed E-state index contributed by atoms with van der Waals surface area (Å²) in [6.45, 7) is 7.77. The molecule has 0 N–H and O–H groups in total. The Kier molecular flexibility index (Phi) is 12.0. The van der Waals surface area contributed by atoms with Gasteiger partial charge in [0.15, 0.2) is 0 Å². The molecule has 1 aromatic carbocycles. The van der Waals surface area contributed by atoms with E-state index in [0.29, 0.717) is 0 Å². The number of nitrogens with zero attached hydrogens (tertiary/aromatic N) is 1. The predicted octanol–water partition coefficient (Wildman–Crippen LogP) is 9.66. The molecule has 3 atom stereocenters. The lowest BCUT2D eigenvalue weighted by molar-refractivity contribution is 0.190. The van der Waals surface area contributed by atoms with Gasteiger partial charge in [0.25, 0.3) is 0 Å². The van der Waals surface area contributed by atoms with Crippen LogP contribution in [-0.4, -0.2) is 11.6 Å². The first-order valence-corrected chi connectivity index (χ1v) is 14.4. The summed E-state index contributed by atoms with van der Waals surface area (Å²) in [6.07, 6.45) is 20.9. The fourth-order valence-electron chi connectivity index (χ4n) is 5.56. The lowest BCUT2D eigenvalue weighted by atomic mass is 9.74. The normalized spacial score (nSPS) is 19.1. The van der Waals surface area contributed by atoms with Gasteiger partial charge in [0.05, 0.1) is 12.3 Å². The molecule has 188 valence electrons. The molecular weight excluding hydrogens is 414 g/mol. The molecule has 3 unspecified atom stereocenters. The van der Waals surface area contributed by atoms with Gasteiger partial charge in [0, 0.05) is 11.8 Å². The number of benzene rings is 1. The van der Waals surface area contributed by atoms with E-state index in [4.69, 9.17) is 9.72 Å². The van der Waals surface area contributed by atoms with Gasteiger partial charge < -0.3 is 4.74 Å². The molecule has 2 heteroatoms. The molecule has 2 aromatic rings. The van der Waals surface area contributed by atoms with Crippen LogP contribution in [0.15, 0.2) is 42.6 Å². The summed E-state index contributed by atoms with van der Waals surface area (Å²) in [7, 11) is 0. The molecule has 0 radical (unpaired) electrons. The van der Waals surface area contributed by atoms with Crippen molar-refractivity contribution in [2.45, 2.75) is 111 Å². The predicted molar refractivity (Wildman–Crippen MR) is 146 cm³/mol. The fraction of sp³-hybridized carbons (Fsp3) is 0.656. The van der Waals surface area contributed by atoms with E-state index in [9.17, 15) is 0 Å². The van der Waals surface area contributed by atoms with Crippen molar-refractivity contribution in [3.63, 3.8) is 0 Å². The SMILES string of the molecule is CCCCCC1CCCCC1CCCOc1ccc(-c2ccc(CCCC(C)CC)cn2)cc1.